The minimum absolute atomic E-state index is 0.0342. The summed E-state index contributed by atoms with van der Waals surface area (Å²) in [7, 11) is 0. The van der Waals surface area contributed by atoms with Crippen molar-refractivity contribution in [1.82, 2.24) is 24.9 Å². The van der Waals surface area contributed by atoms with Crippen molar-refractivity contribution in [2.75, 3.05) is 64.2 Å². The van der Waals surface area contributed by atoms with E-state index < -0.39 is 0 Å². The highest BCUT2D eigenvalue weighted by atomic mass is 32.2. The van der Waals surface area contributed by atoms with Gasteiger partial charge < -0.3 is 14.5 Å². The lowest BCUT2D eigenvalue weighted by atomic mass is 10.0. The van der Waals surface area contributed by atoms with Crippen molar-refractivity contribution in [2.45, 2.75) is 38.0 Å². The number of hydrogen-bond donors (Lipinski definition) is 0. The monoisotopic (exact) mass is 410 g/mol. The molecule has 156 valence electrons. The summed E-state index contributed by atoms with van der Waals surface area (Å²) in [5.74, 6) is 1.75. The van der Waals surface area contributed by atoms with Crippen LogP contribution in [0.2, 0.25) is 0 Å². The summed E-state index contributed by atoms with van der Waals surface area (Å²) < 4.78 is 5.35. The maximum absolute atomic E-state index is 12.7. The molecule has 0 saturated carbocycles. The van der Waals surface area contributed by atoms with Gasteiger partial charge in [0.2, 0.25) is 0 Å². The summed E-state index contributed by atoms with van der Waals surface area (Å²) in [5.41, 5.74) is 0. The van der Waals surface area contributed by atoms with Crippen molar-refractivity contribution in [2.24, 2.45) is 0 Å². The molecule has 2 unspecified atom stereocenters. The van der Waals surface area contributed by atoms with Gasteiger partial charge in [0.25, 0.3) is 0 Å². The minimum Gasteiger partial charge on any atom is -0.378 e. The van der Waals surface area contributed by atoms with E-state index in [0.717, 1.165) is 44.1 Å². The molecule has 0 N–H and O–H groups in total. The third-order valence-electron chi connectivity index (χ3n) is 6.07. The summed E-state index contributed by atoms with van der Waals surface area (Å²) in [6, 6.07) is 2.89. The van der Waals surface area contributed by atoms with Crippen LogP contribution in [0.25, 0.3) is 0 Å². The van der Waals surface area contributed by atoms with Crippen molar-refractivity contribution < 1.29 is 14.4 Å². The Morgan fingerprint density at radius 3 is 2.54 bits per heavy atom. The van der Waals surface area contributed by atoms with Gasteiger partial charge in [0, 0.05) is 50.4 Å². The van der Waals surface area contributed by atoms with E-state index in [0.29, 0.717) is 39.0 Å². The number of carbonyl (C=O) groups is 1. The predicted octanol–water partition coefficient (Wildman–Crippen LogP) is 0.612. The number of nitriles is 1. The summed E-state index contributed by atoms with van der Waals surface area (Å²) in [6.45, 7) is 7.85. The van der Waals surface area contributed by atoms with Crippen molar-refractivity contribution >= 4 is 17.8 Å². The molecule has 2 amide bonds. The van der Waals surface area contributed by atoms with E-state index in [1.165, 1.54) is 0 Å². The van der Waals surface area contributed by atoms with Crippen LogP contribution >= 0.6 is 11.8 Å². The zero-order valence-electron chi connectivity index (χ0n) is 16.5. The minimum atomic E-state index is -0.0342. The Balaban J connectivity index is 1.31. The van der Waals surface area contributed by atoms with E-state index >= 15 is 0 Å². The van der Waals surface area contributed by atoms with Crippen molar-refractivity contribution in [1.29, 1.82) is 5.26 Å². The number of hydroxylamine groups is 1. The number of urea groups is 1. The van der Waals surface area contributed by atoms with Crippen LogP contribution in [0.1, 0.15) is 19.8 Å². The molecule has 4 heterocycles. The van der Waals surface area contributed by atoms with Gasteiger partial charge in [0.1, 0.15) is 18.8 Å². The summed E-state index contributed by atoms with van der Waals surface area (Å²) in [6.07, 6.45) is 2.02. The van der Waals surface area contributed by atoms with Crippen molar-refractivity contribution in [3.63, 3.8) is 0 Å². The highest BCUT2D eigenvalue weighted by Crippen LogP contribution is 2.32. The van der Waals surface area contributed by atoms with Gasteiger partial charge >= 0.3 is 6.03 Å². The number of likely N-dealkylation sites (tertiary alicyclic amines) is 1. The van der Waals surface area contributed by atoms with Crippen LogP contribution in [0, 0.1) is 11.3 Å². The number of morpholine rings is 1. The molecule has 4 saturated heterocycles. The fourth-order valence-electron chi connectivity index (χ4n) is 4.40. The molecular weight excluding hydrogens is 380 g/mol. The summed E-state index contributed by atoms with van der Waals surface area (Å²) in [4.78, 5) is 24.7. The molecule has 4 rings (SSSR count). The first-order valence-corrected chi connectivity index (χ1v) is 11.4. The Morgan fingerprint density at radius 2 is 1.93 bits per heavy atom. The van der Waals surface area contributed by atoms with E-state index in [1.54, 1.807) is 0 Å². The SMILES string of the molecule is CCN(C1CCN(C(=O)N2CCOCC2)CC1)N1OCC1N1CSCC1C#N. The summed E-state index contributed by atoms with van der Waals surface area (Å²) in [5, 5.41) is 13.7. The number of piperidine rings is 1. The summed E-state index contributed by atoms with van der Waals surface area (Å²) >= 11 is 1.81. The van der Waals surface area contributed by atoms with E-state index in [-0.39, 0.29) is 18.2 Å². The van der Waals surface area contributed by atoms with Crippen LogP contribution in [-0.4, -0.2) is 113 Å². The van der Waals surface area contributed by atoms with Gasteiger partial charge in [-0.2, -0.15) is 5.26 Å². The number of amides is 2. The lowest BCUT2D eigenvalue weighted by Crippen LogP contribution is -2.68. The molecule has 0 aromatic rings. The highest BCUT2D eigenvalue weighted by Gasteiger charge is 2.45. The molecule has 0 aromatic carbocycles. The van der Waals surface area contributed by atoms with Gasteiger partial charge in [-0.05, 0) is 12.8 Å². The maximum atomic E-state index is 12.7. The quantitative estimate of drug-likeness (QED) is 0.667. The lowest BCUT2D eigenvalue weighted by molar-refractivity contribution is -0.424. The van der Waals surface area contributed by atoms with Gasteiger partial charge in [0.05, 0.1) is 19.3 Å². The van der Waals surface area contributed by atoms with Crippen LogP contribution in [0.15, 0.2) is 0 Å². The predicted molar refractivity (Wildman–Crippen MR) is 105 cm³/mol. The lowest BCUT2D eigenvalue weighted by Gasteiger charge is -2.52. The highest BCUT2D eigenvalue weighted by molar-refractivity contribution is 7.99. The molecule has 0 radical (unpaired) electrons. The molecule has 0 spiro atoms. The molecule has 0 aliphatic carbocycles. The third-order valence-corrected chi connectivity index (χ3v) is 7.11. The number of nitrogens with zero attached hydrogens (tertiary/aromatic N) is 6. The van der Waals surface area contributed by atoms with Gasteiger partial charge in [-0.1, -0.05) is 6.92 Å². The second kappa shape index (κ2) is 9.15. The molecule has 0 aromatic heterocycles. The van der Waals surface area contributed by atoms with Crippen molar-refractivity contribution in [3.05, 3.63) is 0 Å². The molecule has 4 aliphatic rings. The zero-order valence-corrected chi connectivity index (χ0v) is 17.4. The molecule has 9 nitrogen and oxygen atoms in total. The number of hydrogen-bond acceptors (Lipinski definition) is 8. The average Bonchev–Trinajstić information content (AvgIpc) is 3.19. The average molecular weight is 411 g/mol. The standard InChI is InChI=1S/C18H30N6O3S/c1-2-23(24-17(12-27-24)22-14-28-13-16(22)11-19)15-3-5-20(6-4-15)18(25)21-7-9-26-10-8-21/h15-17H,2-10,12-14H2,1H3. The number of carbonyl (C=O) groups excluding carboxylic acids is 1. The van der Waals surface area contributed by atoms with Crippen LogP contribution in [-0.2, 0) is 9.57 Å². The molecule has 10 heteroatoms. The van der Waals surface area contributed by atoms with Crippen LogP contribution in [0.3, 0.4) is 0 Å². The first-order chi connectivity index (χ1) is 13.7. The molecule has 2 atom stereocenters. The number of ether oxygens (including phenoxy) is 1. The number of hydrazine groups is 1. The van der Waals surface area contributed by atoms with Crippen LogP contribution < -0.4 is 0 Å². The maximum Gasteiger partial charge on any atom is 0.320 e. The molecule has 4 aliphatic heterocycles. The third kappa shape index (κ3) is 3.97. The van der Waals surface area contributed by atoms with E-state index in [1.807, 2.05) is 26.7 Å². The number of rotatable bonds is 4. The molecular formula is C18H30N6O3S. The molecule has 28 heavy (non-hydrogen) atoms. The first-order valence-electron chi connectivity index (χ1n) is 10.3. The van der Waals surface area contributed by atoms with Gasteiger partial charge in [-0.3, -0.25) is 9.74 Å². The molecule has 0 bridgehead atoms. The Hall–Kier alpha value is -1.09. The van der Waals surface area contributed by atoms with E-state index in [2.05, 4.69) is 22.9 Å². The van der Waals surface area contributed by atoms with Gasteiger partial charge in [0.15, 0.2) is 0 Å². The Morgan fingerprint density at radius 1 is 1.21 bits per heavy atom. The van der Waals surface area contributed by atoms with Crippen LogP contribution in [0.4, 0.5) is 4.79 Å². The fraction of sp³-hybridized carbons (Fsp3) is 0.889. The van der Waals surface area contributed by atoms with Gasteiger partial charge in [-0.25, -0.2) is 9.80 Å². The van der Waals surface area contributed by atoms with E-state index in [9.17, 15) is 10.1 Å². The topological polar surface area (TPSA) is 75.5 Å². The zero-order chi connectivity index (χ0) is 19.5. The van der Waals surface area contributed by atoms with Crippen LogP contribution in [0.5, 0.6) is 0 Å². The second-order valence-corrected chi connectivity index (χ2v) is 8.59. The normalized spacial score (nSPS) is 30.5. The first kappa shape index (κ1) is 20.2. The van der Waals surface area contributed by atoms with Crippen molar-refractivity contribution in [3.8, 4) is 6.07 Å². The second-order valence-electron chi connectivity index (χ2n) is 7.59. The Labute approximate surface area is 171 Å². The Bertz CT molecular complexity index is 590. The fourth-order valence-corrected chi connectivity index (χ4v) is 5.56. The van der Waals surface area contributed by atoms with Gasteiger partial charge in [-0.15, -0.1) is 16.9 Å². The largest absolute Gasteiger partial charge is 0.378 e. The number of thioether (sulfide) groups is 1. The molecule has 4 fully saturated rings. The van der Waals surface area contributed by atoms with E-state index in [4.69, 9.17) is 9.57 Å². The smallest absolute Gasteiger partial charge is 0.320 e. The Kier molecular flexibility index (Phi) is 6.60.